The third-order valence-electron chi connectivity index (χ3n) is 5.06. The highest BCUT2D eigenvalue weighted by molar-refractivity contribution is 7.17. The van der Waals surface area contributed by atoms with Gasteiger partial charge in [-0.15, -0.1) is 0 Å². The van der Waals surface area contributed by atoms with Crippen molar-refractivity contribution in [2.45, 2.75) is 19.5 Å². The zero-order valence-corrected chi connectivity index (χ0v) is 17.8. The molecule has 0 spiro atoms. The van der Waals surface area contributed by atoms with Crippen LogP contribution in [0, 0.1) is 0 Å². The van der Waals surface area contributed by atoms with Gasteiger partial charge in [-0.1, -0.05) is 29.0 Å². The summed E-state index contributed by atoms with van der Waals surface area (Å²) in [6.45, 7) is 2.95. The van der Waals surface area contributed by atoms with Gasteiger partial charge in [0.05, 0.1) is 9.85 Å². The van der Waals surface area contributed by atoms with E-state index < -0.39 is 6.04 Å². The fourth-order valence-electron chi connectivity index (χ4n) is 3.46. The number of aromatic nitrogens is 2. The number of amides is 2. The molecule has 0 aliphatic carbocycles. The molecule has 2 N–H and O–H groups in total. The highest BCUT2D eigenvalue weighted by atomic mass is 35.5. The van der Waals surface area contributed by atoms with E-state index in [-0.39, 0.29) is 18.4 Å². The number of nitrogen functional groups attached to an aromatic ring is 1. The Labute approximate surface area is 182 Å². The minimum atomic E-state index is -0.555. The normalized spacial score (nSPS) is 16.9. The van der Waals surface area contributed by atoms with Gasteiger partial charge in [0.2, 0.25) is 5.91 Å². The summed E-state index contributed by atoms with van der Waals surface area (Å²) in [6, 6.07) is 8.56. The number of carbonyl (C=O) groups is 2. The minimum Gasteiger partial charge on any atom is -0.474 e. The van der Waals surface area contributed by atoms with Gasteiger partial charge in [-0.3, -0.25) is 9.59 Å². The van der Waals surface area contributed by atoms with Crippen molar-refractivity contribution in [1.82, 2.24) is 19.8 Å². The van der Waals surface area contributed by atoms with Crippen molar-refractivity contribution in [2.24, 2.45) is 0 Å². The molecule has 0 bridgehead atoms. The summed E-state index contributed by atoms with van der Waals surface area (Å²) in [4.78, 5) is 37.0. The van der Waals surface area contributed by atoms with Crippen molar-refractivity contribution in [3.8, 4) is 5.06 Å². The maximum absolute atomic E-state index is 12.9. The molecule has 1 fully saturated rings. The van der Waals surface area contributed by atoms with E-state index in [1.807, 2.05) is 18.2 Å². The van der Waals surface area contributed by atoms with Gasteiger partial charge in [-0.05, 0) is 36.8 Å². The number of thiophene rings is 1. The molecule has 4 rings (SSSR count). The van der Waals surface area contributed by atoms with Crippen LogP contribution >= 0.6 is 22.9 Å². The van der Waals surface area contributed by atoms with Crippen LogP contribution in [0.4, 0.5) is 5.82 Å². The van der Waals surface area contributed by atoms with Gasteiger partial charge in [0.1, 0.15) is 18.2 Å². The maximum Gasteiger partial charge on any atom is 0.261 e. The van der Waals surface area contributed by atoms with Gasteiger partial charge in [-0.2, -0.15) is 0 Å². The lowest BCUT2D eigenvalue weighted by Gasteiger charge is -2.39. The van der Waals surface area contributed by atoms with Crippen LogP contribution in [0.3, 0.4) is 0 Å². The second kappa shape index (κ2) is 8.45. The van der Waals surface area contributed by atoms with Crippen molar-refractivity contribution in [3.63, 3.8) is 0 Å². The largest absolute Gasteiger partial charge is 0.474 e. The third-order valence-corrected chi connectivity index (χ3v) is 6.20. The molecule has 10 heteroatoms. The lowest BCUT2D eigenvalue weighted by atomic mass is 10.1. The molecule has 0 radical (unpaired) electrons. The molecule has 1 aliphatic heterocycles. The summed E-state index contributed by atoms with van der Waals surface area (Å²) in [5.41, 5.74) is 7.55. The SMILES string of the molecule is C[C@H]1C(=O)N(Cc2ccc3c(N)ncnc3c2)CCN1C(=O)COc1ccc(Cl)s1. The van der Waals surface area contributed by atoms with Crippen LogP contribution in [-0.2, 0) is 16.1 Å². The number of carbonyl (C=O) groups excluding carboxylic acids is 2. The molecule has 0 unspecified atom stereocenters. The maximum atomic E-state index is 12.9. The summed E-state index contributed by atoms with van der Waals surface area (Å²) >= 11 is 7.13. The summed E-state index contributed by atoms with van der Waals surface area (Å²) in [5.74, 6) is 0.101. The molecule has 30 heavy (non-hydrogen) atoms. The summed E-state index contributed by atoms with van der Waals surface area (Å²) in [7, 11) is 0. The smallest absolute Gasteiger partial charge is 0.261 e. The first-order chi connectivity index (χ1) is 14.4. The molecular formula is C20H20ClN5O3S. The Morgan fingerprint density at radius 1 is 1.30 bits per heavy atom. The van der Waals surface area contributed by atoms with E-state index >= 15 is 0 Å². The number of fused-ring (bicyclic) bond motifs is 1. The Hall–Kier alpha value is -2.91. The molecule has 156 valence electrons. The average molecular weight is 446 g/mol. The van der Waals surface area contributed by atoms with Crippen LogP contribution in [-0.4, -0.2) is 57.3 Å². The van der Waals surface area contributed by atoms with Crippen LogP contribution < -0.4 is 10.5 Å². The van der Waals surface area contributed by atoms with Gasteiger partial charge in [0, 0.05) is 25.0 Å². The highest BCUT2D eigenvalue weighted by Crippen LogP contribution is 2.28. The Morgan fingerprint density at radius 3 is 2.90 bits per heavy atom. The topological polar surface area (TPSA) is 102 Å². The number of halogens is 1. The van der Waals surface area contributed by atoms with Gasteiger partial charge < -0.3 is 20.3 Å². The van der Waals surface area contributed by atoms with E-state index in [4.69, 9.17) is 22.1 Å². The number of hydrogen-bond donors (Lipinski definition) is 1. The highest BCUT2D eigenvalue weighted by Gasteiger charge is 2.34. The number of rotatable bonds is 5. The molecule has 1 aromatic carbocycles. The predicted molar refractivity (Wildman–Crippen MR) is 115 cm³/mol. The van der Waals surface area contributed by atoms with Gasteiger partial charge in [0.15, 0.2) is 11.7 Å². The van der Waals surface area contributed by atoms with Gasteiger partial charge in [0.25, 0.3) is 5.91 Å². The predicted octanol–water partition coefficient (Wildman–Crippen LogP) is 2.57. The van der Waals surface area contributed by atoms with Gasteiger partial charge in [-0.25, -0.2) is 9.97 Å². The van der Waals surface area contributed by atoms with E-state index in [0.717, 1.165) is 16.5 Å². The zero-order valence-electron chi connectivity index (χ0n) is 16.2. The second-order valence-electron chi connectivity index (χ2n) is 6.98. The molecule has 2 amide bonds. The minimum absolute atomic E-state index is 0.101. The molecule has 8 nitrogen and oxygen atoms in total. The number of piperazine rings is 1. The van der Waals surface area contributed by atoms with Crippen LogP contribution in [0.1, 0.15) is 12.5 Å². The molecule has 3 aromatic rings. The number of benzene rings is 1. The van der Waals surface area contributed by atoms with Crippen molar-refractivity contribution < 1.29 is 14.3 Å². The molecule has 0 saturated carbocycles. The molecular weight excluding hydrogens is 426 g/mol. The van der Waals surface area contributed by atoms with Gasteiger partial charge >= 0.3 is 0 Å². The third kappa shape index (κ3) is 4.17. The first kappa shape index (κ1) is 20.4. The first-order valence-electron chi connectivity index (χ1n) is 9.38. The quantitative estimate of drug-likeness (QED) is 0.647. The van der Waals surface area contributed by atoms with Crippen LogP contribution in [0.15, 0.2) is 36.7 Å². The number of hydrogen-bond acceptors (Lipinski definition) is 7. The van der Waals surface area contributed by atoms with Crippen molar-refractivity contribution in [2.75, 3.05) is 25.4 Å². The van der Waals surface area contributed by atoms with Crippen molar-refractivity contribution >= 4 is 51.5 Å². The van der Waals surface area contributed by atoms with Crippen molar-refractivity contribution in [1.29, 1.82) is 0 Å². The molecule has 1 aliphatic rings. The van der Waals surface area contributed by atoms with E-state index in [1.165, 1.54) is 17.7 Å². The average Bonchev–Trinajstić information content (AvgIpc) is 3.15. The van der Waals surface area contributed by atoms with Crippen LogP contribution in [0.2, 0.25) is 4.34 Å². The Bertz CT molecular complexity index is 1100. The van der Waals surface area contributed by atoms with Crippen molar-refractivity contribution in [3.05, 3.63) is 46.6 Å². The lowest BCUT2D eigenvalue weighted by molar-refractivity contribution is -0.152. The van der Waals surface area contributed by atoms with Crippen LogP contribution in [0.5, 0.6) is 5.06 Å². The molecule has 2 aromatic heterocycles. The fourth-order valence-corrected chi connectivity index (χ4v) is 4.33. The standard InChI is InChI=1S/C20H20ClN5O3S/c1-12-20(28)25(9-13-2-3-14-15(8-13)23-11-24-19(14)22)6-7-26(12)17(27)10-29-18-5-4-16(21)30-18/h2-5,8,11-12H,6-7,9-10H2,1H3,(H2,22,23,24)/t12-/m0/s1. The lowest BCUT2D eigenvalue weighted by Crippen LogP contribution is -2.58. The Balaban J connectivity index is 1.39. The monoisotopic (exact) mass is 445 g/mol. The number of ether oxygens (including phenoxy) is 1. The summed E-state index contributed by atoms with van der Waals surface area (Å²) in [5, 5.41) is 1.36. The van der Waals surface area contributed by atoms with E-state index in [1.54, 1.807) is 28.9 Å². The van der Waals surface area contributed by atoms with E-state index in [2.05, 4.69) is 9.97 Å². The zero-order chi connectivity index (χ0) is 21.3. The molecule has 3 heterocycles. The summed E-state index contributed by atoms with van der Waals surface area (Å²) in [6.07, 6.45) is 1.42. The Kier molecular flexibility index (Phi) is 5.74. The molecule has 1 atom stereocenters. The van der Waals surface area contributed by atoms with E-state index in [0.29, 0.717) is 34.9 Å². The second-order valence-corrected chi connectivity index (χ2v) is 8.66. The van der Waals surface area contributed by atoms with Crippen LogP contribution in [0.25, 0.3) is 10.9 Å². The fraction of sp³-hybridized carbons (Fsp3) is 0.300. The number of nitrogens with two attached hydrogens (primary N) is 1. The Morgan fingerprint density at radius 2 is 2.13 bits per heavy atom. The van der Waals surface area contributed by atoms with E-state index in [9.17, 15) is 9.59 Å². The summed E-state index contributed by atoms with van der Waals surface area (Å²) < 4.78 is 6.09. The number of anilines is 1. The number of nitrogens with zero attached hydrogens (tertiary/aromatic N) is 4. The first-order valence-corrected chi connectivity index (χ1v) is 10.6. The molecule has 1 saturated heterocycles.